The van der Waals surface area contributed by atoms with Gasteiger partial charge in [-0.1, -0.05) is 60.7 Å². The van der Waals surface area contributed by atoms with E-state index in [2.05, 4.69) is 12.6 Å². The first kappa shape index (κ1) is 11.7. The second-order valence-electron chi connectivity index (χ2n) is 3.63. The molecule has 0 fully saturated rings. The van der Waals surface area contributed by atoms with E-state index >= 15 is 0 Å². The van der Waals surface area contributed by atoms with E-state index in [1.54, 1.807) is 18.2 Å². The lowest BCUT2D eigenvalue weighted by Gasteiger charge is -2.00. The van der Waals surface area contributed by atoms with Gasteiger partial charge in [0.1, 0.15) is 0 Å². The monoisotopic (exact) mass is 240 g/mol. The third kappa shape index (κ3) is 3.08. The zero-order chi connectivity index (χ0) is 12.1. The molecule has 0 N–H and O–H groups in total. The summed E-state index contributed by atoms with van der Waals surface area (Å²) in [6.07, 6.45) is 1.55. The Labute approximate surface area is 106 Å². The van der Waals surface area contributed by atoms with Gasteiger partial charge < -0.3 is 0 Å². The van der Waals surface area contributed by atoms with Crippen LogP contribution in [0, 0.1) is 0 Å². The summed E-state index contributed by atoms with van der Waals surface area (Å²) >= 11 is 4.35. The zero-order valence-electron chi connectivity index (χ0n) is 9.21. The summed E-state index contributed by atoms with van der Waals surface area (Å²) in [5, 5.41) is 0. The minimum Gasteiger partial charge on any atom is -0.289 e. The highest BCUT2D eigenvalue weighted by atomic mass is 32.1. The maximum atomic E-state index is 11.9. The highest BCUT2D eigenvalue weighted by molar-refractivity contribution is 7.90. The van der Waals surface area contributed by atoms with Crippen molar-refractivity contribution < 1.29 is 4.79 Å². The van der Waals surface area contributed by atoms with Crippen molar-refractivity contribution in [3.63, 3.8) is 0 Å². The summed E-state index contributed by atoms with van der Waals surface area (Å²) in [6.45, 7) is 0. The van der Waals surface area contributed by atoms with Gasteiger partial charge in [-0.15, -0.1) is 12.6 Å². The zero-order valence-corrected chi connectivity index (χ0v) is 10.1. The second kappa shape index (κ2) is 5.51. The van der Waals surface area contributed by atoms with Crippen molar-refractivity contribution in [1.82, 2.24) is 0 Å². The Morgan fingerprint density at radius 1 is 0.824 bits per heavy atom. The van der Waals surface area contributed by atoms with E-state index in [9.17, 15) is 4.79 Å². The molecule has 0 saturated heterocycles. The van der Waals surface area contributed by atoms with Crippen LogP contribution in [0.25, 0.3) is 4.91 Å². The van der Waals surface area contributed by atoms with Crippen LogP contribution in [0.5, 0.6) is 0 Å². The van der Waals surface area contributed by atoms with Crippen molar-refractivity contribution in [2.24, 2.45) is 0 Å². The second-order valence-corrected chi connectivity index (χ2v) is 4.11. The van der Waals surface area contributed by atoms with E-state index < -0.39 is 0 Å². The van der Waals surface area contributed by atoms with Crippen LogP contribution >= 0.6 is 12.6 Å². The predicted molar refractivity (Wildman–Crippen MR) is 74.2 cm³/mol. The van der Waals surface area contributed by atoms with Crippen molar-refractivity contribution in [2.45, 2.75) is 0 Å². The summed E-state index contributed by atoms with van der Waals surface area (Å²) in [4.78, 5) is 12.6. The fraction of sp³-hybridized carbons (Fsp3) is 0. The third-order valence-electron chi connectivity index (χ3n) is 2.40. The van der Waals surface area contributed by atoms with Gasteiger partial charge in [0, 0.05) is 10.5 Å². The molecule has 0 aliphatic heterocycles. The van der Waals surface area contributed by atoms with Gasteiger partial charge in [-0.05, 0) is 11.6 Å². The molecule has 2 heteroatoms. The predicted octanol–water partition coefficient (Wildman–Crippen LogP) is 3.84. The molecule has 1 nitrogen and oxygen atoms in total. The lowest BCUT2D eigenvalue weighted by molar-refractivity contribution is 0.104. The van der Waals surface area contributed by atoms with Gasteiger partial charge in [0.2, 0.25) is 0 Å². The van der Waals surface area contributed by atoms with Crippen LogP contribution in [0.2, 0.25) is 0 Å². The first-order valence-corrected chi connectivity index (χ1v) is 5.77. The molecule has 84 valence electrons. The van der Waals surface area contributed by atoms with Crippen LogP contribution in [0.4, 0.5) is 0 Å². The summed E-state index contributed by atoms with van der Waals surface area (Å²) in [6, 6.07) is 18.8. The molecular formula is C15H12OS. The molecule has 2 rings (SSSR count). The van der Waals surface area contributed by atoms with Crippen LogP contribution in [-0.4, -0.2) is 5.78 Å². The number of benzene rings is 2. The Morgan fingerprint density at radius 3 is 1.82 bits per heavy atom. The van der Waals surface area contributed by atoms with E-state index in [0.29, 0.717) is 10.5 Å². The number of allylic oxidation sites excluding steroid dienone is 1. The number of ketones is 1. The molecule has 2 aromatic carbocycles. The van der Waals surface area contributed by atoms with Gasteiger partial charge in [0.05, 0.1) is 0 Å². The minimum absolute atomic E-state index is 0.0283. The molecule has 0 heterocycles. The third-order valence-corrected chi connectivity index (χ3v) is 2.78. The molecule has 0 bridgehead atoms. The number of carbonyl (C=O) groups excluding carboxylic acids is 1. The maximum absolute atomic E-state index is 11.9. The number of thiol groups is 1. The number of hydrogen-bond donors (Lipinski definition) is 1. The molecule has 0 spiro atoms. The number of hydrogen-bond acceptors (Lipinski definition) is 2. The van der Waals surface area contributed by atoms with E-state index in [4.69, 9.17) is 0 Å². The Balaban J connectivity index is 2.24. The molecule has 0 saturated carbocycles. The van der Waals surface area contributed by atoms with E-state index in [-0.39, 0.29) is 5.78 Å². The molecule has 2 aromatic rings. The lowest BCUT2D eigenvalue weighted by Crippen LogP contribution is -1.94. The van der Waals surface area contributed by atoms with Crippen LogP contribution in [0.15, 0.2) is 66.7 Å². The largest absolute Gasteiger partial charge is 0.289 e. The van der Waals surface area contributed by atoms with E-state index in [1.807, 2.05) is 48.5 Å². The average Bonchev–Trinajstić information content (AvgIpc) is 2.40. The van der Waals surface area contributed by atoms with Crippen LogP contribution in [0.1, 0.15) is 15.9 Å². The Morgan fingerprint density at radius 2 is 1.29 bits per heavy atom. The highest BCUT2D eigenvalue weighted by Crippen LogP contribution is 2.18. The maximum Gasteiger partial charge on any atom is 0.186 e. The molecule has 0 radical (unpaired) electrons. The summed E-state index contributed by atoms with van der Waals surface area (Å²) in [5.74, 6) is -0.0283. The molecule has 0 unspecified atom stereocenters. The van der Waals surface area contributed by atoms with E-state index in [1.165, 1.54) is 0 Å². The van der Waals surface area contributed by atoms with Crippen LogP contribution in [-0.2, 0) is 0 Å². The highest BCUT2D eigenvalue weighted by Gasteiger charge is 2.03. The fourth-order valence-corrected chi connectivity index (χ4v) is 1.77. The van der Waals surface area contributed by atoms with Crippen molar-refractivity contribution in [1.29, 1.82) is 0 Å². The average molecular weight is 240 g/mol. The molecule has 17 heavy (non-hydrogen) atoms. The Kier molecular flexibility index (Phi) is 3.78. The molecule has 0 aliphatic carbocycles. The molecule has 0 amide bonds. The van der Waals surface area contributed by atoms with Gasteiger partial charge >= 0.3 is 0 Å². The molecular weight excluding hydrogens is 228 g/mol. The SMILES string of the molecule is O=C(C=C(S)c1ccccc1)c1ccccc1. The quantitative estimate of drug-likeness (QED) is 0.490. The van der Waals surface area contributed by atoms with Gasteiger partial charge in [-0.25, -0.2) is 0 Å². The summed E-state index contributed by atoms with van der Waals surface area (Å²) in [5.41, 5.74) is 1.62. The van der Waals surface area contributed by atoms with Crippen molar-refractivity contribution in [2.75, 3.05) is 0 Å². The normalized spacial score (nSPS) is 11.2. The first-order valence-electron chi connectivity index (χ1n) is 5.33. The van der Waals surface area contributed by atoms with Gasteiger partial charge in [0.15, 0.2) is 5.78 Å². The molecule has 0 aromatic heterocycles. The van der Waals surface area contributed by atoms with Crippen LogP contribution < -0.4 is 0 Å². The summed E-state index contributed by atoms with van der Waals surface area (Å²) in [7, 11) is 0. The number of rotatable bonds is 3. The summed E-state index contributed by atoms with van der Waals surface area (Å²) < 4.78 is 0. The smallest absolute Gasteiger partial charge is 0.186 e. The number of carbonyl (C=O) groups is 1. The molecule has 0 atom stereocenters. The Hall–Kier alpha value is -1.80. The molecule has 0 aliphatic rings. The van der Waals surface area contributed by atoms with Gasteiger partial charge in [0.25, 0.3) is 0 Å². The van der Waals surface area contributed by atoms with Crippen molar-refractivity contribution in [3.8, 4) is 0 Å². The van der Waals surface area contributed by atoms with Crippen molar-refractivity contribution >= 4 is 23.3 Å². The van der Waals surface area contributed by atoms with Crippen molar-refractivity contribution in [3.05, 3.63) is 77.9 Å². The fourth-order valence-electron chi connectivity index (χ4n) is 1.50. The van der Waals surface area contributed by atoms with Gasteiger partial charge in [-0.2, -0.15) is 0 Å². The topological polar surface area (TPSA) is 17.1 Å². The van der Waals surface area contributed by atoms with Crippen LogP contribution in [0.3, 0.4) is 0 Å². The minimum atomic E-state index is -0.0283. The van der Waals surface area contributed by atoms with Gasteiger partial charge in [-0.3, -0.25) is 4.79 Å². The lowest BCUT2D eigenvalue weighted by atomic mass is 10.1. The first-order chi connectivity index (χ1) is 8.27. The standard InChI is InChI=1S/C15H12OS/c16-14(12-7-3-1-4-8-12)11-15(17)13-9-5-2-6-10-13/h1-11,17H. The Bertz CT molecular complexity index is 529. The van der Waals surface area contributed by atoms with E-state index in [0.717, 1.165) is 5.56 Å².